The zero-order chi connectivity index (χ0) is 15.4. The fourth-order valence-corrected chi connectivity index (χ4v) is 3.44. The minimum atomic E-state index is -1.11. The molecule has 22 heavy (non-hydrogen) atoms. The van der Waals surface area contributed by atoms with E-state index in [2.05, 4.69) is 5.32 Å². The van der Waals surface area contributed by atoms with Crippen molar-refractivity contribution in [2.45, 2.75) is 30.6 Å². The molecule has 1 aliphatic rings. The molecule has 3 rings (SSSR count). The summed E-state index contributed by atoms with van der Waals surface area (Å²) in [6, 6.07) is 19.6. The van der Waals surface area contributed by atoms with Crippen LogP contribution in [0.3, 0.4) is 0 Å². The summed E-state index contributed by atoms with van der Waals surface area (Å²) in [4.78, 5) is 0. The number of hydrogen-bond acceptors (Lipinski definition) is 3. The van der Waals surface area contributed by atoms with Crippen LogP contribution < -0.4 is 5.32 Å². The second-order valence-electron chi connectivity index (χ2n) is 5.85. The lowest BCUT2D eigenvalue weighted by molar-refractivity contribution is -0.0525. The Balaban J connectivity index is 2.11. The van der Waals surface area contributed by atoms with Crippen LogP contribution in [-0.2, 0) is 10.3 Å². The third-order valence-corrected chi connectivity index (χ3v) is 4.58. The highest BCUT2D eigenvalue weighted by Crippen LogP contribution is 2.37. The van der Waals surface area contributed by atoms with Gasteiger partial charge in [-0.1, -0.05) is 60.7 Å². The van der Waals surface area contributed by atoms with E-state index in [1.54, 1.807) is 7.11 Å². The standard InChI is InChI=1S/C19H23NO2/c1-22-17-13-8-14-20-18(17)19(21,15-9-4-2-5-10-15)16-11-6-3-7-12-16/h2-7,9-12,17-18,20-21H,8,13-14H2,1H3/t17-,18-/m1/s1. The van der Waals surface area contributed by atoms with Gasteiger partial charge in [0.15, 0.2) is 0 Å². The quantitative estimate of drug-likeness (QED) is 0.911. The molecule has 116 valence electrons. The maximum absolute atomic E-state index is 11.7. The number of piperidine rings is 1. The molecule has 1 heterocycles. The predicted octanol–water partition coefficient (Wildman–Crippen LogP) is 2.69. The molecular formula is C19H23NO2. The van der Waals surface area contributed by atoms with Gasteiger partial charge in [0.1, 0.15) is 5.60 Å². The molecule has 0 unspecified atom stereocenters. The van der Waals surface area contributed by atoms with Crippen LogP contribution in [0.4, 0.5) is 0 Å². The fraction of sp³-hybridized carbons (Fsp3) is 0.368. The first-order valence-electron chi connectivity index (χ1n) is 7.86. The molecule has 0 amide bonds. The number of benzene rings is 2. The van der Waals surface area contributed by atoms with Gasteiger partial charge >= 0.3 is 0 Å². The predicted molar refractivity (Wildman–Crippen MR) is 87.7 cm³/mol. The van der Waals surface area contributed by atoms with Crippen LogP contribution in [0.15, 0.2) is 60.7 Å². The lowest BCUT2D eigenvalue weighted by Crippen LogP contribution is -2.58. The molecule has 1 fully saturated rings. The third kappa shape index (κ3) is 2.68. The van der Waals surface area contributed by atoms with Crippen LogP contribution in [0.1, 0.15) is 24.0 Å². The topological polar surface area (TPSA) is 41.5 Å². The minimum Gasteiger partial charge on any atom is -0.380 e. The first kappa shape index (κ1) is 15.2. The molecular weight excluding hydrogens is 274 g/mol. The van der Waals surface area contributed by atoms with E-state index in [9.17, 15) is 5.11 Å². The van der Waals surface area contributed by atoms with Crippen LogP contribution in [-0.4, -0.2) is 30.9 Å². The number of methoxy groups -OCH3 is 1. The average Bonchev–Trinajstić information content (AvgIpc) is 2.62. The van der Waals surface area contributed by atoms with Crippen molar-refractivity contribution in [3.05, 3.63) is 71.8 Å². The molecule has 2 aromatic rings. The molecule has 2 atom stereocenters. The molecule has 0 radical (unpaired) electrons. The smallest absolute Gasteiger partial charge is 0.132 e. The summed E-state index contributed by atoms with van der Waals surface area (Å²) in [5, 5.41) is 15.2. The van der Waals surface area contributed by atoms with Gasteiger partial charge in [-0.05, 0) is 30.5 Å². The summed E-state index contributed by atoms with van der Waals surface area (Å²) >= 11 is 0. The van der Waals surface area contributed by atoms with Crippen LogP contribution in [0.2, 0.25) is 0 Å². The number of rotatable bonds is 4. The Hall–Kier alpha value is -1.68. The lowest BCUT2D eigenvalue weighted by atomic mass is 9.76. The molecule has 2 aromatic carbocycles. The van der Waals surface area contributed by atoms with Crippen molar-refractivity contribution in [1.29, 1.82) is 0 Å². The summed E-state index contributed by atoms with van der Waals surface area (Å²) in [5.41, 5.74) is 0.675. The summed E-state index contributed by atoms with van der Waals surface area (Å²) in [6.45, 7) is 0.895. The van der Waals surface area contributed by atoms with Gasteiger partial charge in [0, 0.05) is 7.11 Å². The van der Waals surface area contributed by atoms with Crippen molar-refractivity contribution in [3.8, 4) is 0 Å². The van der Waals surface area contributed by atoms with Crippen molar-refractivity contribution in [3.63, 3.8) is 0 Å². The van der Waals surface area contributed by atoms with Gasteiger partial charge < -0.3 is 15.2 Å². The van der Waals surface area contributed by atoms with E-state index < -0.39 is 5.60 Å². The Bertz CT molecular complexity index is 545. The second-order valence-corrected chi connectivity index (χ2v) is 5.85. The van der Waals surface area contributed by atoms with E-state index >= 15 is 0 Å². The maximum atomic E-state index is 11.7. The molecule has 2 N–H and O–H groups in total. The number of ether oxygens (including phenoxy) is 1. The van der Waals surface area contributed by atoms with E-state index in [1.165, 1.54) is 0 Å². The highest BCUT2D eigenvalue weighted by atomic mass is 16.5. The Kier molecular flexibility index (Phi) is 4.57. The van der Waals surface area contributed by atoms with Crippen LogP contribution in [0.25, 0.3) is 0 Å². The first-order valence-corrected chi connectivity index (χ1v) is 7.86. The largest absolute Gasteiger partial charge is 0.380 e. The van der Waals surface area contributed by atoms with E-state index in [4.69, 9.17) is 4.74 Å². The Morgan fingerprint density at radius 1 is 1.00 bits per heavy atom. The highest BCUT2D eigenvalue weighted by molar-refractivity contribution is 5.38. The molecule has 3 nitrogen and oxygen atoms in total. The third-order valence-electron chi connectivity index (χ3n) is 4.58. The molecule has 1 saturated heterocycles. The van der Waals surface area contributed by atoms with E-state index in [1.807, 2.05) is 60.7 Å². The zero-order valence-electron chi connectivity index (χ0n) is 12.9. The fourth-order valence-electron chi connectivity index (χ4n) is 3.44. The lowest BCUT2D eigenvalue weighted by Gasteiger charge is -2.43. The van der Waals surface area contributed by atoms with Gasteiger partial charge in [0.05, 0.1) is 12.1 Å². The van der Waals surface area contributed by atoms with Gasteiger partial charge in [0.25, 0.3) is 0 Å². The first-order chi connectivity index (χ1) is 10.8. The highest BCUT2D eigenvalue weighted by Gasteiger charge is 2.45. The van der Waals surface area contributed by atoms with Crippen molar-refractivity contribution in [1.82, 2.24) is 5.32 Å². The molecule has 1 aliphatic heterocycles. The van der Waals surface area contributed by atoms with Crippen molar-refractivity contribution < 1.29 is 9.84 Å². The van der Waals surface area contributed by atoms with Gasteiger partial charge in [-0.25, -0.2) is 0 Å². The summed E-state index contributed by atoms with van der Waals surface area (Å²) in [6.07, 6.45) is 2.00. The zero-order valence-corrected chi connectivity index (χ0v) is 12.9. The van der Waals surface area contributed by atoms with Gasteiger partial charge in [-0.2, -0.15) is 0 Å². The summed E-state index contributed by atoms with van der Waals surface area (Å²) < 4.78 is 5.67. The molecule has 0 aliphatic carbocycles. The Morgan fingerprint density at radius 2 is 1.55 bits per heavy atom. The van der Waals surface area contributed by atoms with E-state index in [0.717, 1.165) is 30.5 Å². The number of aliphatic hydroxyl groups is 1. The van der Waals surface area contributed by atoms with Crippen molar-refractivity contribution in [2.75, 3.05) is 13.7 Å². The molecule has 0 spiro atoms. The maximum Gasteiger partial charge on any atom is 0.132 e. The van der Waals surface area contributed by atoms with Crippen molar-refractivity contribution >= 4 is 0 Å². The van der Waals surface area contributed by atoms with Crippen LogP contribution in [0, 0.1) is 0 Å². The monoisotopic (exact) mass is 297 g/mol. The van der Waals surface area contributed by atoms with Crippen LogP contribution >= 0.6 is 0 Å². The van der Waals surface area contributed by atoms with Crippen LogP contribution in [0.5, 0.6) is 0 Å². The van der Waals surface area contributed by atoms with E-state index in [0.29, 0.717) is 0 Å². The number of hydrogen-bond donors (Lipinski definition) is 2. The Labute approximate surface area is 131 Å². The molecule has 0 aromatic heterocycles. The molecule has 3 heteroatoms. The SMILES string of the molecule is CO[C@@H]1CCCN[C@H]1C(O)(c1ccccc1)c1ccccc1. The second kappa shape index (κ2) is 6.61. The molecule has 0 bridgehead atoms. The summed E-state index contributed by atoms with van der Waals surface area (Å²) in [7, 11) is 1.72. The normalized spacial score (nSPS) is 22.5. The molecule has 0 saturated carbocycles. The van der Waals surface area contributed by atoms with Gasteiger partial charge in [0.2, 0.25) is 0 Å². The van der Waals surface area contributed by atoms with Gasteiger partial charge in [-0.3, -0.25) is 0 Å². The number of nitrogens with one attached hydrogen (secondary N) is 1. The Morgan fingerprint density at radius 3 is 2.05 bits per heavy atom. The summed E-state index contributed by atoms with van der Waals surface area (Å²) in [5.74, 6) is 0. The van der Waals surface area contributed by atoms with Gasteiger partial charge in [-0.15, -0.1) is 0 Å². The van der Waals surface area contributed by atoms with Crippen molar-refractivity contribution in [2.24, 2.45) is 0 Å². The average molecular weight is 297 g/mol. The minimum absolute atomic E-state index is 0.0147. The van der Waals surface area contributed by atoms with E-state index in [-0.39, 0.29) is 12.1 Å².